The summed E-state index contributed by atoms with van der Waals surface area (Å²) in [6.45, 7) is 2.23. The Morgan fingerprint density at radius 2 is 1.77 bits per heavy atom. The summed E-state index contributed by atoms with van der Waals surface area (Å²) < 4.78 is 0. The summed E-state index contributed by atoms with van der Waals surface area (Å²) in [4.78, 5) is 0. The van der Waals surface area contributed by atoms with Crippen molar-refractivity contribution >= 4 is 0 Å². The molecule has 0 bridgehead atoms. The molecule has 2 saturated carbocycles. The minimum absolute atomic E-state index is 0.203. The van der Waals surface area contributed by atoms with E-state index < -0.39 is 0 Å². The van der Waals surface area contributed by atoms with Gasteiger partial charge in [0.2, 0.25) is 0 Å². The summed E-state index contributed by atoms with van der Waals surface area (Å²) >= 11 is 0. The van der Waals surface area contributed by atoms with Gasteiger partial charge >= 0.3 is 0 Å². The van der Waals surface area contributed by atoms with Crippen LogP contribution in [-0.2, 0) is 0 Å². The van der Waals surface area contributed by atoms with E-state index in [4.69, 9.17) is 0 Å². The highest BCUT2D eigenvalue weighted by Crippen LogP contribution is 2.60. The Hall–Kier alpha value is -0.0400. The SMILES string of the molecule is CCCCCC1(O)C2CCCCC21. The molecule has 1 heteroatoms. The molecule has 2 aliphatic carbocycles. The number of unbranched alkanes of at least 4 members (excludes halogenated alkanes) is 2. The van der Waals surface area contributed by atoms with Gasteiger partial charge in [0, 0.05) is 0 Å². The quantitative estimate of drug-likeness (QED) is 0.662. The van der Waals surface area contributed by atoms with Crippen molar-refractivity contribution in [3.8, 4) is 0 Å². The zero-order valence-corrected chi connectivity index (χ0v) is 8.76. The summed E-state index contributed by atoms with van der Waals surface area (Å²) in [7, 11) is 0. The predicted octanol–water partition coefficient (Wildman–Crippen LogP) is 3.12. The number of aliphatic hydroxyl groups is 1. The van der Waals surface area contributed by atoms with E-state index in [2.05, 4.69) is 6.92 Å². The van der Waals surface area contributed by atoms with Gasteiger partial charge in [0.1, 0.15) is 0 Å². The summed E-state index contributed by atoms with van der Waals surface area (Å²) in [6, 6.07) is 0. The van der Waals surface area contributed by atoms with Crippen molar-refractivity contribution < 1.29 is 5.11 Å². The number of rotatable bonds is 4. The Kier molecular flexibility index (Phi) is 2.64. The first-order chi connectivity index (χ1) is 6.29. The molecule has 2 fully saturated rings. The second-order valence-corrected chi connectivity index (χ2v) is 4.95. The Balaban J connectivity index is 1.78. The Labute approximate surface area is 81.5 Å². The molecule has 2 rings (SSSR count). The molecule has 1 nitrogen and oxygen atoms in total. The molecule has 0 aromatic carbocycles. The molecule has 0 aromatic heterocycles. The van der Waals surface area contributed by atoms with Crippen LogP contribution in [0.25, 0.3) is 0 Å². The van der Waals surface area contributed by atoms with E-state index in [1.165, 1.54) is 44.9 Å². The Morgan fingerprint density at radius 1 is 1.15 bits per heavy atom. The first kappa shape index (κ1) is 9.51. The van der Waals surface area contributed by atoms with Crippen LogP contribution < -0.4 is 0 Å². The van der Waals surface area contributed by atoms with Crippen LogP contribution in [0.2, 0.25) is 0 Å². The van der Waals surface area contributed by atoms with Crippen LogP contribution in [-0.4, -0.2) is 10.7 Å². The summed E-state index contributed by atoms with van der Waals surface area (Å²) in [6.07, 6.45) is 10.2. The van der Waals surface area contributed by atoms with Crippen LogP contribution in [0.5, 0.6) is 0 Å². The minimum Gasteiger partial charge on any atom is -0.389 e. The van der Waals surface area contributed by atoms with E-state index in [9.17, 15) is 5.11 Å². The van der Waals surface area contributed by atoms with Crippen molar-refractivity contribution in [1.82, 2.24) is 0 Å². The highest BCUT2D eigenvalue weighted by atomic mass is 16.3. The highest BCUT2D eigenvalue weighted by Gasteiger charge is 2.62. The highest BCUT2D eigenvalue weighted by molar-refractivity contribution is 5.12. The zero-order valence-electron chi connectivity index (χ0n) is 8.76. The predicted molar refractivity (Wildman–Crippen MR) is 54.5 cm³/mol. The molecule has 2 unspecified atom stereocenters. The molecule has 0 spiro atoms. The lowest BCUT2D eigenvalue weighted by atomic mass is 10.0. The first-order valence-electron chi connectivity index (χ1n) is 6.01. The van der Waals surface area contributed by atoms with Crippen molar-refractivity contribution in [3.05, 3.63) is 0 Å². The van der Waals surface area contributed by atoms with E-state index >= 15 is 0 Å². The van der Waals surface area contributed by atoms with Crippen LogP contribution >= 0.6 is 0 Å². The van der Waals surface area contributed by atoms with Crippen molar-refractivity contribution in [2.45, 2.75) is 63.9 Å². The molecule has 0 aliphatic heterocycles. The van der Waals surface area contributed by atoms with Gasteiger partial charge in [-0.3, -0.25) is 0 Å². The van der Waals surface area contributed by atoms with Gasteiger partial charge in [-0.05, 0) is 31.1 Å². The molecule has 1 N–H and O–H groups in total. The summed E-state index contributed by atoms with van der Waals surface area (Å²) in [5.74, 6) is 1.39. The van der Waals surface area contributed by atoms with Gasteiger partial charge in [0.25, 0.3) is 0 Å². The van der Waals surface area contributed by atoms with Gasteiger partial charge < -0.3 is 5.11 Å². The molecular weight excluding hydrogens is 160 g/mol. The lowest BCUT2D eigenvalue weighted by molar-refractivity contribution is 0.105. The third kappa shape index (κ3) is 1.63. The third-order valence-electron chi connectivity index (χ3n) is 4.12. The van der Waals surface area contributed by atoms with Crippen LogP contribution in [0.1, 0.15) is 58.3 Å². The van der Waals surface area contributed by atoms with E-state index in [-0.39, 0.29) is 5.60 Å². The molecule has 0 saturated heterocycles. The maximum atomic E-state index is 10.3. The second-order valence-electron chi connectivity index (χ2n) is 4.95. The smallest absolute Gasteiger partial charge is 0.0711 e. The molecule has 0 aromatic rings. The van der Waals surface area contributed by atoms with Crippen LogP contribution in [0.15, 0.2) is 0 Å². The topological polar surface area (TPSA) is 20.2 Å². The zero-order chi connectivity index (χ0) is 9.31. The van der Waals surface area contributed by atoms with Crippen LogP contribution in [0.3, 0.4) is 0 Å². The minimum atomic E-state index is -0.203. The molecule has 0 heterocycles. The fraction of sp³-hybridized carbons (Fsp3) is 1.00. The average molecular weight is 182 g/mol. The number of hydrogen-bond acceptors (Lipinski definition) is 1. The number of hydrogen-bond donors (Lipinski definition) is 1. The molecule has 76 valence electrons. The molecule has 2 aliphatic rings. The molecule has 13 heavy (non-hydrogen) atoms. The van der Waals surface area contributed by atoms with Gasteiger partial charge in [-0.1, -0.05) is 39.0 Å². The molecule has 2 atom stereocenters. The van der Waals surface area contributed by atoms with Gasteiger partial charge in [-0.15, -0.1) is 0 Å². The second kappa shape index (κ2) is 3.61. The first-order valence-corrected chi connectivity index (χ1v) is 6.01. The maximum absolute atomic E-state index is 10.3. The number of fused-ring (bicyclic) bond motifs is 1. The monoisotopic (exact) mass is 182 g/mol. The van der Waals surface area contributed by atoms with Gasteiger partial charge in [-0.2, -0.15) is 0 Å². The average Bonchev–Trinajstić information content (AvgIpc) is 2.75. The van der Waals surface area contributed by atoms with Crippen LogP contribution in [0.4, 0.5) is 0 Å². The van der Waals surface area contributed by atoms with E-state index in [0.717, 1.165) is 6.42 Å². The Morgan fingerprint density at radius 3 is 2.31 bits per heavy atom. The van der Waals surface area contributed by atoms with E-state index in [1.807, 2.05) is 0 Å². The summed E-state index contributed by atoms with van der Waals surface area (Å²) in [5, 5.41) is 10.3. The lowest BCUT2D eigenvalue weighted by Gasteiger charge is -2.09. The normalized spacial score (nSPS) is 42.9. The van der Waals surface area contributed by atoms with Crippen molar-refractivity contribution in [2.24, 2.45) is 11.8 Å². The van der Waals surface area contributed by atoms with Crippen molar-refractivity contribution in [1.29, 1.82) is 0 Å². The molecule has 0 radical (unpaired) electrons. The largest absolute Gasteiger partial charge is 0.389 e. The standard InChI is InChI=1S/C12H22O/c1-2-3-6-9-12(13)10-7-4-5-8-11(10)12/h10-11,13H,2-9H2,1H3. The summed E-state index contributed by atoms with van der Waals surface area (Å²) in [5.41, 5.74) is -0.203. The van der Waals surface area contributed by atoms with Gasteiger partial charge in [0.05, 0.1) is 5.60 Å². The van der Waals surface area contributed by atoms with E-state index in [1.54, 1.807) is 0 Å². The van der Waals surface area contributed by atoms with Gasteiger partial charge in [-0.25, -0.2) is 0 Å². The van der Waals surface area contributed by atoms with Gasteiger partial charge in [0.15, 0.2) is 0 Å². The van der Waals surface area contributed by atoms with Crippen LogP contribution in [0, 0.1) is 11.8 Å². The lowest BCUT2D eigenvalue weighted by Crippen LogP contribution is -2.12. The Bertz CT molecular complexity index is 164. The molecular formula is C12H22O. The van der Waals surface area contributed by atoms with Crippen molar-refractivity contribution in [2.75, 3.05) is 0 Å². The fourth-order valence-electron chi connectivity index (χ4n) is 3.25. The van der Waals surface area contributed by atoms with Crippen molar-refractivity contribution in [3.63, 3.8) is 0 Å². The maximum Gasteiger partial charge on any atom is 0.0711 e. The molecule has 0 amide bonds. The van der Waals surface area contributed by atoms with E-state index in [0.29, 0.717) is 11.8 Å². The fourth-order valence-corrected chi connectivity index (χ4v) is 3.25. The third-order valence-corrected chi connectivity index (χ3v) is 4.12.